The average Bonchev–Trinajstić information content (AvgIpc) is 2.71. The van der Waals surface area contributed by atoms with Crippen LogP contribution in [0.2, 0.25) is 0 Å². The highest BCUT2D eigenvalue weighted by molar-refractivity contribution is 6.45. The van der Waals surface area contributed by atoms with Gasteiger partial charge in [-0.3, -0.25) is 9.59 Å². The Bertz CT molecular complexity index is 763. The van der Waals surface area contributed by atoms with Gasteiger partial charge in [0, 0.05) is 0 Å². The molecule has 21 heavy (non-hydrogen) atoms. The van der Waals surface area contributed by atoms with Gasteiger partial charge in [0.2, 0.25) is 0 Å². The molecule has 0 aliphatic carbocycles. The number of nitrogens with zero attached hydrogens (tertiary/aromatic N) is 1. The van der Waals surface area contributed by atoms with E-state index in [1.54, 1.807) is 36.4 Å². The van der Waals surface area contributed by atoms with E-state index in [1.807, 2.05) is 25.1 Å². The van der Waals surface area contributed by atoms with Crippen molar-refractivity contribution in [1.82, 2.24) is 0 Å². The number of aliphatic hydroxyl groups is 1. The van der Waals surface area contributed by atoms with Crippen molar-refractivity contribution >= 4 is 23.1 Å². The van der Waals surface area contributed by atoms with Crippen LogP contribution in [0.25, 0.3) is 5.57 Å². The molecule has 1 aliphatic heterocycles. The Hall–Kier alpha value is -2.88. The number of benzene rings is 2. The van der Waals surface area contributed by atoms with Crippen LogP contribution >= 0.6 is 0 Å². The van der Waals surface area contributed by atoms with Gasteiger partial charge in [0.15, 0.2) is 5.76 Å². The molecule has 1 heterocycles. The maximum atomic E-state index is 12.6. The van der Waals surface area contributed by atoms with Crippen molar-refractivity contribution in [2.75, 3.05) is 4.90 Å². The Morgan fingerprint density at radius 3 is 2.14 bits per heavy atom. The highest BCUT2D eigenvalue weighted by Crippen LogP contribution is 2.33. The van der Waals surface area contributed by atoms with Gasteiger partial charge >= 0.3 is 5.91 Å². The minimum Gasteiger partial charge on any atom is -0.502 e. The number of carbonyl (C=O) groups excluding carboxylic acids is 2. The minimum absolute atomic E-state index is 0.0452. The number of aliphatic hydroxyl groups excluding tert-OH is 1. The second-order valence-electron chi connectivity index (χ2n) is 4.82. The van der Waals surface area contributed by atoms with E-state index in [9.17, 15) is 14.7 Å². The normalized spacial score (nSPS) is 15.0. The lowest BCUT2D eigenvalue weighted by atomic mass is 10.1. The van der Waals surface area contributed by atoms with Crippen LogP contribution in [-0.2, 0) is 9.59 Å². The molecule has 2 aromatic rings. The van der Waals surface area contributed by atoms with Crippen LogP contribution in [-0.4, -0.2) is 16.9 Å². The van der Waals surface area contributed by atoms with Gasteiger partial charge in [-0.05, 0) is 24.1 Å². The maximum absolute atomic E-state index is 12.6. The molecule has 1 aliphatic rings. The molecule has 0 unspecified atom stereocenters. The first-order chi connectivity index (χ1) is 10.1. The van der Waals surface area contributed by atoms with Crippen molar-refractivity contribution < 1.29 is 14.7 Å². The summed E-state index contributed by atoms with van der Waals surface area (Å²) in [6, 6.07) is 15.8. The zero-order chi connectivity index (χ0) is 15.0. The number of aryl methyl sites for hydroxylation is 1. The maximum Gasteiger partial charge on any atom is 0.301 e. The third-order valence-electron chi connectivity index (χ3n) is 3.48. The first-order valence-electron chi connectivity index (χ1n) is 6.54. The summed E-state index contributed by atoms with van der Waals surface area (Å²) < 4.78 is 0. The number of imide groups is 1. The van der Waals surface area contributed by atoms with Crippen molar-refractivity contribution in [2.45, 2.75) is 6.92 Å². The molecule has 0 aromatic heterocycles. The van der Waals surface area contributed by atoms with E-state index < -0.39 is 17.6 Å². The number of amides is 2. The highest BCUT2D eigenvalue weighted by atomic mass is 16.3. The van der Waals surface area contributed by atoms with Crippen molar-refractivity contribution in [3.63, 3.8) is 0 Å². The van der Waals surface area contributed by atoms with E-state index in [1.165, 1.54) is 0 Å². The largest absolute Gasteiger partial charge is 0.502 e. The molecule has 4 heteroatoms. The van der Waals surface area contributed by atoms with Crippen molar-refractivity contribution in [1.29, 1.82) is 0 Å². The lowest BCUT2D eigenvalue weighted by Gasteiger charge is -2.16. The van der Waals surface area contributed by atoms with Gasteiger partial charge in [0.1, 0.15) is 0 Å². The molecule has 0 saturated carbocycles. The lowest BCUT2D eigenvalue weighted by Crippen LogP contribution is -2.32. The van der Waals surface area contributed by atoms with E-state index in [0.717, 1.165) is 10.5 Å². The Balaban J connectivity index is 2.10. The molecular formula is C17H13NO3. The predicted octanol–water partition coefficient (Wildman–Crippen LogP) is 2.84. The van der Waals surface area contributed by atoms with Gasteiger partial charge in [0.05, 0.1) is 11.3 Å². The van der Waals surface area contributed by atoms with Crippen molar-refractivity contribution in [3.8, 4) is 0 Å². The van der Waals surface area contributed by atoms with E-state index in [0.29, 0.717) is 11.3 Å². The molecular weight excluding hydrogens is 266 g/mol. The van der Waals surface area contributed by atoms with Crippen LogP contribution in [0.15, 0.2) is 60.4 Å². The smallest absolute Gasteiger partial charge is 0.301 e. The SMILES string of the molecule is Cc1ccccc1N1C(=O)C(O)=C(c2ccccc2)C1=O. The summed E-state index contributed by atoms with van der Waals surface area (Å²) in [6.45, 7) is 1.81. The summed E-state index contributed by atoms with van der Waals surface area (Å²) in [6.07, 6.45) is 0. The molecule has 2 amide bonds. The van der Waals surface area contributed by atoms with Crippen LogP contribution in [0.1, 0.15) is 11.1 Å². The van der Waals surface area contributed by atoms with Gasteiger partial charge in [-0.25, -0.2) is 4.90 Å². The standard InChI is InChI=1S/C17H13NO3/c1-11-7-5-6-10-13(11)18-16(20)14(15(19)17(18)21)12-8-3-2-4-9-12/h2-10,19H,1H3. The molecule has 0 saturated heterocycles. The minimum atomic E-state index is -0.687. The molecule has 0 radical (unpaired) electrons. The quantitative estimate of drug-likeness (QED) is 0.860. The van der Waals surface area contributed by atoms with Gasteiger partial charge < -0.3 is 5.11 Å². The Kier molecular flexibility index (Phi) is 3.06. The van der Waals surface area contributed by atoms with Crippen LogP contribution in [0.4, 0.5) is 5.69 Å². The second kappa shape index (κ2) is 4.90. The number of carbonyl (C=O) groups is 2. The molecule has 2 aromatic carbocycles. The van der Waals surface area contributed by atoms with Crippen LogP contribution in [0.5, 0.6) is 0 Å². The van der Waals surface area contributed by atoms with E-state index in [-0.39, 0.29) is 5.57 Å². The molecule has 0 bridgehead atoms. The first kappa shape index (κ1) is 13.1. The number of anilines is 1. The topological polar surface area (TPSA) is 57.6 Å². The average molecular weight is 279 g/mol. The number of rotatable bonds is 2. The summed E-state index contributed by atoms with van der Waals surface area (Å²) in [7, 11) is 0. The zero-order valence-corrected chi connectivity index (χ0v) is 11.4. The summed E-state index contributed by atoms with van der Waals surface area (Å²) in [5.41, 5.74) is 1.86. The lowest BCUT2D eigenvalue weighted by molar-refractivity contribution is -0.121. The Morgan fingerprint density at radius 2 is 1.48 bits per heavy atom. The predicted molar refractivity (Wildman–Crippen MR) is 79.7 cm³/mol. The van der Waals surface area contributed by atoms with Gasteiger partial charge in [0.25, 0.3) is 5.91 Å². The third kappa shape index (κ3) is 2.01. The summed E-state index contributed by atoms with van der Waals surface area (Å²) in [5, 5.41) is 10.1. The highest BCUT2D eigenvalue weighted by Gasteiger charge is 2.40. The van der Waals surface area contributed by atoms with E-state index in [2.05, 4.69) is 0 Å². The van der Waals surface area contributed by atoms with Gasteiger partial charge in [-0.1, -0.05) is 48.5 Å². The molecule has 0 atom stereocenters. The molecule has 0 fully saturated rings. The number of hydrogen-bond donors (Lipinski definition) is 1. The van der Waals surface area contributed by atoms with Gasteiger partial charge in [-0.2, -0.15) is 0 Å². The van der Waals surface area contributed by atoms with E-state index >= 15 is 0 Å². The van der Waals surface area contributed by atoms with Crippen molar-refractivity contribution in [2.24, 2.45) is 0 Å². The summed E-state index contributed by atoms with van der Waals surface area (Å²) in [5.74, 6) is -1.69. The first-order valence-corrected chi connectivity index (χ1v) is 6.54. The molecule has 1 N–H and O–H groups in total. The van der Waals surface area contributed by atoms with Crippen LogP contribution in [0, 0.1) is 6.92 Å². The monoisotopic (exact) mass is 279 g/mol. The number of para-hydroxylation sites is 1. The summed E-state index contributed by atoms with van der Waals surface area (Å²) >= 11 is 0. The Labute approximate surface area is 121 Å². The molecule has 104 valence electrons. The van der Waals surface area contributed by atoms with Crippen LogP contribution in [0.3, 0.4) is 0 Å². The fourth-order valence-electron chi connectivity index (χ4n) is 2.42. The molecule has 4 nitrogen and oxygen atoms in total. The third-order valence-corrected chi connectivity index (χ3v) is 3.48. The zero-order valence-electron chi connectivity index (χ0n) is 11.4. The Morgan fingerprint density at radius 1 is 0.857 bits per heavy atom. The number of hydrogen-bond acceptors (Lipinski definition) is 3. The molecule has 0 spiro atoms. The van der Waals surface area contributed by atoms with Crippen LogP contribution < -0.4 is 4.90 Å². The van der Waals surface area contributed by atoms with Gasteiger partial charge in [-0.15, -0.1) is 0 Å². The second-order valence-corrected chi connectivity index (χ2v) is 4.82. The summed E-state index contributed by atoms with van der Waals surface area (Å²) in [4.78, 5) is 25.8. The van der Waals surface area contributed by atoms with E-state index in [4.69, 9.17) is 0 Å². The molecule has 3 rings (SSSR count). The van der Waals surface area contributed by atoms with Crippen molar-refractivity contribution in [3.05, 3.63) is 71.5 Å². The fraction of sp³-hybridized carbons (Fsp3) is 0.0588. The fourth-order valence-corrected chi connectivity index (χ4v) is 2.42.